The summed E-state index contributed by atoms with van der Waals surface area (Å²) in [6.07, 6.45) is -2.32. The molecule has 1 aromatic carbocycles. The Morgan fingerprint density at radius 1 is 1.40 bits per heavy atom. The number of rotatable bonds is 5. The Morgan fingerprint density at radius 3 is 2.87 bits per heavy atom. The van der Waals surface area contributed by atoms with E-state index < -0.39 is 6.43 Å². The molecule has 1 aromatic rings. The molecule has 0 atom stereocenters. The molecule has 0 radical (unpaired) electrons. The van der Waals surface area contributed by atoms with Gasteiger partial charge in [-0.05, 0) is 17.7 Å². The van der Waals surface area contributed by atoms with E-state index in [-0.39, 0.29) is 13.0 Å². The molecule has 2 nitrogen and oxygen atoms in total. The second-order valence-electron chi connectivity index (χ2n) is 3.01. The maximum absolute atomic E-state index is 11.8. The second kappa shape index (κ2) is 5.97. The van der Waals surface area contributed by atoms with E-state index in [0.717, 1.165) is 5.56 Å². The third-order valence-electron chi connectivity index (χ3n) is 1.79. The van der Waals surface area contributed by atoms with Gasteiger partial charge in [0.05, 0.1) is 19.1 Å². The van der Waals surface area contributed by atoms with Gasteiger partial charge in [0, 0.05) is 6.42 Å². The number of hydrogen-bond donors (Lipinski definition) is 0. The smallest absolute Gasteiger partial charge is 0.241 e. The minimum absolute atomic E-state index is 0.00628. The molecule has 1 rings (SSSR count). The minimum atomic E-state index is -2.34. The molecular weight excluding hydrogens is 200 g/mol. The monoisotopic (exact) mass is 211 g/mol. The highest BCUT2D eigenvalue weighted by Crippen LogP contribution is 2.14. The normalized spacial score (nSPS) is 10.0. The number of halogens is 2. The molecule has 0 bridgehead atoms. The van der Waals surface area contributed by atoms with Gasteiger partial charge in [-0.25, -0.2) is 8.78 Å². The summed E-state index contributed by atoms with van der Waals surface area (Å²) in [5.41, 5.74) is 0.826. The molecule has 15 heavy (non-hydrogen) atoms. The van der Waals surface area contributed by atoms with Crippen LogP contribution in [0, 0.1) is 11.3 Å². The topological polar surface area (TPSA) is 33.0 Å². The van der Waals surface area contributed by atoms with E-state index in [2.05, 4.69) is 0 Å². The van der Waals surface area contributed by atoms with Gasteiger partial charge >= 0.3 is 0 Å². The average Bonchev–Trinajstić information content (AvgIpc) is 2.18. The molecule has 0 saturated carbocycles. The zero-order valence-electron chi connectivity index (χ0n) is 8.12. The third-order valence-corrected chi connectivity index (χ3v) is 1.79. The van der Waals surface area contributed by atoms with Crippen LogP contribution in [0.3, 0.4) is 0 Å². The molecule has 0 aliphatic rings. The minimum Gasteiger partial charge on any atom is -0.493 e. The van der Waals surface area contributed by atoms with Crippen molar-refractivity contribution < 1.29 is 13.5 Å². The van der Waals surface area contributed by atoms with E-state index in [4.69, 9.17) is 10.00 Å². The number of ether oxygens (including phenoxy) is 1. The summed E-state index contributed by atoms with van der Waals surface area (Å²) in [6.45, 7) is -0.00628. The predicted molar refractivity (Wildman–Crippen MR) is 51.9 cm³/mol. The van der Waals surface area contributed by atoms with Crippen LogP contribution in [0.5, 0.6) is 5.75 Å². The van der Waals surface area contributed by atoms with Crippen molar-refractivity contribution in [1.29, 1.82) is 5.26 Å². The molecule has 0 amide bonds. The van der Waals surface area contributed by atoms with Crippen LogP contribution in [0.15, 0.2) is 24.3 Å². The van der Waals surface area contributed by atoms with Gasteiger partial charge in [-0.15, -0.1) is 0 Å². The quantitative estimate of drug-likeness (QED) is 0.750. The maximum atomic E-state index is 11.8. The largest absolute Gasteiger partial charge is 0.493 e. The van der Waals surface area contributed by atoms with Crippen LogP contribution >= 0.6 is 0 Å². The molecule has 4 heteroatoms. The maximum Gasteiger partial charge on any atom is 0.241 e. The molecule has 0 aliphatic heterocycles. The van der Waals surface area contributed by atoms with Crippen LogP contribution in [-0.4, -0.2) is 13.0 Å². The fourth-order valence-electron chi connectivity index (χ4n) is 1.10. The fourth-order valence-corrected chi connectivity index (χ4v) is 1.10. The van der Waals surface area contributed by atoms with Crippen LogP contribution in [0.25, 0.3) is 0 Å². The summed E-state index contributed by atoms with van der Waals surface area (Å²) < 4.78 is 28.7. The lowest BCUT2D eigenvalue weighted by molar-refractivity contribution is 0.114. The van der Waals surface area contributed by atoms with E-state index in [9.17, 15) is 8.78 Å². The molecular formula is C11H11F2NO. The number of nitrogens with zero attached hydrogens (tertiary/aromatic N) is 1. The van der Waals surface area contributed by atoms with Crippen molar-refractivity contribution in [2.24, 2.45) is 0 Å². The SMILES string of the molecule is N#CCc1cccc(OCCC(F)F)c1. The molecule has 0 spiro atoms. The van der Waals surface area contributed by atoms with E-state index in [1.54, 1.807) is 24.3 Å². The standard InChI is InChI=1S/C11H11F2NO/c12-11(13)5-7-15-10-3-1-2-9(8-10)4-6-14/h1-3,8,11H,4-5,7H2. The van der Waals surface area contributed by atoms with Gasteiger partial charge in [0.1, 0.15) is 5.75 Å². The Hall–Kier alpha value is -1.63. The summed E-state index contributed by atoms with van der Waals surface area (Å²) >= 11 is 0. The zero-order valence-corrected chi connectivity index (χ0v) is 8.12. The Bertz CT molecular complexity index is 347. The van der Waals surface area contributed by atoms with Gasteiger partial charge in [0.2, 0.25) is 6.43 Å². The summed E-state index contributed by atoms with van der Waals surface area (Å²) in [6, 6.07) is 8.92. The highest BCUT2D eigenvalue weighted by molar-refractivity contribution is 5.29. The van der Waals surface area contributed by atoms with Gasteiger partial charge in [0.25, 0.3) is 0 Å². The number of benzene rings is 1. The molecule has 80 valence electrons. The van der Waals surface area contributed by atoms with Crippen molar-refractivity contribution in [2.75, 3.05) is 6.61 Å². The Labute approximate surface area is 87.1 Å². The van der Waals surface area contributed by atoms with Crippen molar-refractivity contribution in [2.45, 2.75) is 19.3 Å². The third kappa shape index (κ3) is 4.41. The molecule has 0 aliphatic carbocycles. The van der Waals surface area contributed by atoms with Gasteiger partial charge in [-0.2, -0.15) is 5.26 Å². The summed E-state index contributed by atoms with van der Waals surface area (Å²) in [5.74, 6) is 0.531. The number of alkyl halides is 2. The van der Waals surface area contributed by atoms with E-state index in [1.807, 2.05) is 6.07 Å². The average molecular weight is 211 g/mol. The van der Waals surface area contributed by atoms with E-state index in [1.165, 1.54) is 0 Å². The van der Waals surface area contributed by atoms with Crippen LogP contribution in [0.1, 0.15) is 12.0 Å². The highest BCUT2D eigenvalue weighted by Gasteiger charge is 2.02. The van der Waals surface area contributed by atoms with Crippen LogP contribution in [0.4, 0.5) is 8.78 Å². The van der Waals surface area contributed by atoms with Crippen molar-refractivity contribution in [3.8, 4) is 11.8 Å². The first-order chi connectivity index (χ1) is 7.22. The van der Waals surface area contributed by atoms with Crippen molar-refractivity contribution >= 4 is 0 Å². The molecule has 0 aromatic heterocycles. The molecule has 0 unspecified atom stereocenters. The summed E-state index contributed by atoms with van der Waals surface area (Å²) in [5, 5.41) is 8.47. The van der Waals surface area contributed by atoms with Crippen molar-refractivity contribution in [3.05, 3.63) is 29.8 Å². The molecule has 0 heterocycles. The van der Waals surface area contributed by atoms with Gasteiger partial charge in [0.15, 0.2) is 0 Å². The molecule has 0 fully saturated rings. The lowest BCUT2D eigenvalue weighted by Gasteiger charge is -2.06. The second-order valence-corrected chi connectivity index (χ2v) is 3.01. The Morgan fingerprint density at radius 2 is 2.20 bits per heavy atom. The lowest BCUT2D eigenvalue weighted by atomic mass is 10.1. The van der Waals surface area contributed by atoms with Gasteiger partial charge < -0.3 is 4.74 Å². The molecule has 0 N–H and O–H groups in total. The zero-order chi connectivity index (χ0) is 11.1. The first-order valence-electron chi connectivity index (χ1n) is 4.59. The van der Waals surface area contributed by atoms with E-state index >= 15 is 0 Å². The van der Waals surface area contributed by atoms with Gasteiger partial charge in [-0.3, -0.25) is 0 Å². The van der Waals surface area contributed by atoms with Crippen LogP contribution in [-0.2, 0) is 6.42 Å². The highest BCUT2D eigenvalue weighted by atomic mass is 19.3. The predicted octanol–water partition coefficient (Wildman–Crippen LogP) is 2.79. The lowest BCUT2D eigenvalue weighted by Crippen LogP contribution is -2.03. The Balaban J connectivity index is 2.47. The fraction of sp³-hybridized carbons (Fsp3) is 0.364. The Kier molecular flexibility index (Phi) is 4.55. The summed E-state index contributed by atoms with van der Waals surface area (Å²) in [4.78, 5) is 0. The van der Waals surface area contributed by atoms with E-state index in [0.29, 0.717) is 12.2 Å². The summed E-state index contributed by atoms with van der Waals surface area (Å²) in [7, 11) is 0. The number of nitriles is 1. The van der Waals surface area contributed by atoms with Gasteiger partial charge in [-0.1, -0.05) is 12.1 Å². The first-order valence-corrected chi connectivity index (χ1v) is 4.59. The van der Waals surface area contributed by atoms with Crippen molar-refractivity contribution in [1.82, 2.24) is 0 Å². The van der Waals surface area contributed by atoms with Crippen LogP contribution < -0.4 is 4.74 Å². The first kappa shape index (κ1) is 11.4. The van der Waals surface area contributed by atoms with Crippen molar-refractivity contribution in [3.63, 3.8) is 0 Å². The number of hydrogen-bond acceptors (Lipinski definition) is 2. The van der Waals surface area contributed by atoms with Crippen LogP contribution in [0.2, 0.25) is 0 Å². The molecule has 0 saturated heterocycles.